The maximum absolute atomic E-state index is 13.6. The molecular weight excluding hydrogens is 374 g/mol. The van der Waals surface area contributed by atoms with E-state index < -0.39 is 11.2 Å². The maximum Gasteiger partial charge on any atom is 0.264 e. The van der Waals surface area contributed by atoms with Gasteiger partial charge in [-0.3, -0.25) is 14.8 Å². The summed E-state index contributed by atoms with van der Waals surface area (Å²) < 4.78 is 33.2. The van der Waals surface area contributed by atoms with Crippen molar-refractivity contribution in [3.63, 3.8) is 0 Å². The van der Waals surface area contributed by atoms with E-state index in [0.717, 1.165) is 21.6 Å². The van der Waals surface area contributed by atoms with E-state index in [2.05, 4.69) is 15.2 Å². The lowest BCUT2D eigenvalue weighted by atomic mass is 9.88. The Bertz CT molecular complexity index is 906. The summed E-state index contributed by atoms with van der Waals surface area (Å²) in [5.41, 5.74) is 3.34. The molecule has 0 bridgehead atoms. The molecule has 0 spiro atoms. The van der Waals surface area contributed by atoms with Crippen molar-refractivity contribution >= 4 is 28.3 Å². The number of allylic oxidation sites excluding steroid dienone is 1. The summed E-state index contributed by atoms with van der Waals surface area (Å²) in [6.45, 7) is 2.28. The van der Waals surface area contributed by atoms with Crippen molar-refractivity contribution in [2.24, 2.45) is 4.99 Å². The molecule has 4 aliphatic rings. The van der Waals surface area contributed by atoms with Crippen LogP contribution in [-0.4, -0.2) is 63.6 Å². The number of aromatic amines is 1. The van der Waals surface area contributed by atoms with Gasteiger partial charge in [0.2, 0.25) is 0 Å². The molecule has 1 unspecified atom stereocenters. The molecule has 2 atom stereocenters. The predicted molar refractivity (Wildman–Crippen MR) is 97.5 cm³/mol. The number of ether oxygens (including phenoxy) is 1. The van der Waals surface area contributed by atoms with Crippen molar-refractivity contribution in [1.82, 2.24) is 15.1 Å². The van der Waals surface area contributed by atoms with E-state index in [1.807, 2.05) is 6.92 Å². The first-order valence-corrected chi connectivity index (χ1v) is 9.81. The number of likely N-dealkylation sites (tertiary alicyclic amines) is 1. The number of hydrogen-bond donors (Lipinski definition) is 1. The summed E-state index contributed by atoms with van der Waals surface area (Å²) in [6, 6.07) is 0. The molecule has 0 radical (unpaired) electrons. The fourth-order valence-electron chi connectivity index (χ4n) is 4.09. The second-order valence-corrected chi connectivity index (χ2v) is 8.50. The molecule has 0 aromatic carbocycles. The Balaban J connectivity index is 1.54. The topological polar surface area (TPSA) is 70.6 Å². The van der Waals surface area contributed by atoms with E-state index in [4.69, 9.17) is 4.74 Å². The monoisotopic (exact) mass is 392 g/mol. The summed E-state index contributed by atoms with van der Waals surface area (Å²) in [7, 11) is 0. The van der Waals surface area contributed by atoms with E-state index in [9.17, 15) is 13.6 Å². The molecule has 27 heavy (non-hydrogen) atoms. The van der Waals surface area contributed by atoms with Crippen LogP contribution in [0.25, 0.3) is 4.91 Å². The van der Waals surface area contributed by atoms with Gasteiger partial charge in [0.1, 0.15) is 17.1 Å². The number of halogens is 2. The lowest BCUT2D eigenvalue weighted by Gasteiger charge is -2.32. The van der Waals surface area contributed by atoms with Crippen LogP contribution in [0.1, 0.15) is 25.3 Å². The Hall–Kier alpha value is -2.00. The van der Waals surface area contributed by atoms with Crippen molar-refractivity contribution in [2.45, 2.75) is 37.0 Å². The van der Waals surface area contributed by atoms with Gasteiger partial charge in [0.05, 0.1) is 23.4 Å². The zero-order valence-corrected chi connectivity index (χ0v) is 15.5. The van der Waals surface area contributed by atoms with Gasteiger partial charge >= 0.3 is 0 Å². The standard InChI is InChI=1S/C18H18F2N4O2S/c1-9-4-11-12(7-24-3-2-18(19,20)8-24)23-17(25)16-13(11)14(26-9)15(27-16)10-5-21-22-6-10/h5-6,9,16H,2-4,7-8H2,1H3,(H,21,22)/t9-,16?/m1/s1. The molecule has 0 aliphatic carbocycles. The van der Waals surface area contributed by atoms with Crippen molar-refractivity contribution < 1.29 is 18.3 Å². The Kier molecular flexibility index (Phi) is 3.80. The first-order chi connectivity index (χ1) is 12.9. The van der Waals surface area contributed by atoms with Gasteiger partial charge in [-0.25, -0.2) is 13.8 Å². The number of nitrogens with one attached hydrogen (secondary N) is 1. The van der Waals surface area contributed by atoms with E-state index in [1.165, 1.54) is 11.8 Å². The highest BCUT2D eigenvalue weighted by molar-refractivity contribution is 8.10. The first kappa shape index (κ1) is 17.1. The molecule has 1 amide bonds. The SMILES string of the molecule is C[C@@H]1CC2=C3C(=C(c4cn[nH]c4)SC3C(=O)N=C2CN2CCC(F)(F)C2)O1. The number of aliphatic imine (C=N–C) groups is 1. The molecular formula is C18H18F2N4O2S. The van der Waals surface area contributed by atoms with Crippen LogP contribution in [0.3, 0.4) is 0 Å². The van der Waals surface area contributed by atoms with Crippen LogP contribution >= 0.6 is 11.8 Å². The lowest BCUT2D eigenvalue weighted by molar-refractivity contribution is -0.116. The van der Waals surface area contributed by atoms with Crippen molar-refractivity contribution in [2.75, 3.05) is 19.6 Å². The number of alkyl halides is 2. The minimum atomic E-state index is -2.66. The predicted octanol–water partition coefficient (Wildman–Crippen LogP) is 2.62. The number of thioether (sulfide) groups is 1. The van der Waals surface area contributed by atoms with Crippen LogP contribution in [0.4, 0.5) is 8.78 Å². The van der Waals surface area contributed by atoms with Crippen LogP contribution < -0.4 is 0 Å². The molecule has 1 saturated heterocycles. The van der Waals surface area contributed by atoms with Gasteiger partial charge in [0.25, 0.3) is 11.8 Å². The van der Waals surface area contributed by atoms with E-state index in [-0.39, 0.29) is 31.5 Å². The number of hydrogen-bond acceptors (Lipinski definition) is 5. The second-order valence-electron chi connectivity index (χ2n) is 7.38. The summed E-state index contributed by atoms with van der Waals surface area (Å²) in [5, 5.41) is 6.36. The average molecular weight is 392 g/mol. The molecule has 4 aliphatic heterocycles. The number of aromatic nitrogens is 2. The Labute approximate surface area is 158 Å². The molecule has 1 aromatic rings. The number of carbonyl (C=O) groups is 1. The van der Waals surface area contributed by atoms with Gasteiger partial charge < -0.3 is 4.74 Å². The van der Waals surface area contributed by atoms with E-state index in [0.29, 0.717) is 24.4 Å². The summed E-state index contributed by atoms with van der Waals surface area (Å²) in [4.78, 5) is 19.6. The quantitative estimate of drug-likeness (QED) is 0.856. The molecule has 6 nitrogen and oxygen atoms in total. The summed E-state index contributed by atoms with van der Waals surface area (Å²) in [6.07, 6.45) is 3.89. The van der Waals surface area contributed by atoms with Gasteiger partial charge in [-0.1, -0.05) is 0 Å². The second kappa shape index (κ2) is 6.00. The first-order valence-electron chi connectivity index (χ1n) is 8.93. The van der Waals surface area contributed by atoms with Crippen LogP contribution in [-0.2, 0) is 9.53 Å². The van der Waals surface area contributed by atoms with Gasteiger partial charge in [0, 0.05) is 43.3 Å². The average Bonchev–Trinajstić information content (AvgIpc) is 3.31. The van der Waals surface area contributed by atoms with Gasteiger partial charge in [-0.15, -0.1) is 11.8 Å². The third kappa shape index (κ3) is 2.84. The van der Waals surface area contributed by atoms with E-state index >= 15 is 0 Å². The molecule has 9 heteroatoms. The van der Waals surface area contributed by atoms with Crippen molar-refractivity contribution in [1.29, 1.82) is 0 Å². The molecule has 0 saturated carbocycles. The third-order valence-corrected chi connectivity index (χ3v) is 6.61. The number of rotatable bonds is 3. The zero-order chi connectivity index (χ0) is 18.8. The fraction of sp³-hybridized carbons (Fsp3) is 0.500. The lowest BCUT2D eigenvalue weighted by Crippen LogP contribution is -2.38. The summed E-state index contributed by atoms with van der Waals surface area (Å²) in [5.74, 6) is -2.19. The van der Waals surface area contributed by atoms with Crippen LogP contribution in [0, 0.1) is 0 Å². The smallest absolute Gasteiger partial charge is 0.264 e. The Morgan fingerprint density at radius 3 is 3.04 bits per heavy atom. The molecule has 1 N–H and O–H groups in total. The summed E-state index contributed by atoms with van der Waals surface area (Å²) >= 11 is 1.43. The minimum Gasteiger partial charge on any atom is -0.489 e. The highest BCUT2D eigenvalue weighted by atomic mass is 32.2. The maximum atomic E-state index is 13.6. The fourth-order valence-corrected chi connectivity index (χ4v) is 5.36. The molecule has 142 valence electrons. The van der Waals surface area contributed by atoms with Crippen LogP contribution in [0.15, 0.2) is 34.3 Å². The van der Waals surface area contributed by atoms with Crippen LogP contribution in [0.2, 0.25) is 0 Å². The van der Waals surface area contributed by atoms with Gasteiger partial charge in [-0.2, -0.15) is 5.10 Å². The highest BCUT2D eigenvalue weighted by Gasteiger charge is 2.46. The Morgan fingerprint density at radius 2 is 2.33 bits per heavy atom. The van der Waals surface area contributed by atoms with Gasteiger partial charge in [0.15, 0.2) is 0 Å². The molecule has 5 heterocycles. The minimum absolute atomic E-state index is 0.0709. The highest BCUT2D eigenvalue weighted by Crippen LogP contribution is 2.53. The van der Waals surface area contributed by atoms with Crippen molar-refractivity contribution in [3.05, 3.63) is 34.9 Å². The number of amides is 1. The number of dihydropyridines is 1. The zero-order valence-electron chi connectivity index (χ0n) is 14.7. The Morgan fingerprint density at radius 1 is 1.48 bits per heavy atom. The largest absolute Gasteiger partial charge is 0.489 e. The van der Waals surface area contributed by atoms with Gasteiger partial charge in [-0.05, 0) is 12.5 Å². The molecule has 1 aromatic heterocycles. The number of H-pyrrole nitrogens is 1. The normalized spacial score (nSPS) is 29.9. The van der Waals surface area contributed by atoms with E-state index in [1.54, 1.807) is 17.3 Å². The molecule has 5 rings (SSSR count). The molecule has 1 fully saturated rings. The number of carbonyl (C=O) groups excluding carboxylic acids is 1. The van der Waals surface area contributed by atoms with Crippen molar-refractivity contribution in [3.8, 4) is 0 Å². The number of nitrogens with zero attached hydrogens (tertiary/aromatic N) is 3. The third-order valence-electron chi connectivity index (χ3n) is 5.28. The van der Waals surface area contributed by atoms with Crippen LogP contribution in [0.5, 0.6) is 0 Å².